The molecule has 0 radical (unpaired) electrons. The highest BCUT2D eigenvalue weighted by Crippen LogP contribution is 2.49. The molecule has 2 N–H and O–H groups in total. The Morgan fingerprint density at radius 1 is 1.44 bits per heavy atom. The number of primary amides is 1. The second-order valence-corrected chi connectivity index (χ2v) is 5.23. The first-order chi connectivity index (χ1) is 7.40. The minimum atomic E-state index is -0.460. The highest BCUT2D eigenvalue weighted by molar-refractivity contribution is 7.80. The van der Waals surface area contributed by atoms with Crippen molar-refractivity contribution < 1.29 is 9.59 Å². The van der Waals surface area contributed by atoms with E-state index in [1.165, 1.54) is 0 Å². The third kappa shape index (κ3) is 3.40. The van der Waals surface area contributed by atoms with Gasteiger partial charge in [0.05, 0.1) is 6.54 Å². The van der Waals surface area contributed by atoms with Gasteiger partial charge in [-0.15, -0.1) is 0 Å². The number of amides is 2. The lowest BCUT2D eigenvalue weighted by atomic mass is 10.0. The quantitative estimate of drug-likeness (QED) is 0.679. The zero-order valence-electron chi connectivity index (χ0n) is 9.90. The fraction of sp³-hybridized carbons (Fsp3) is 0.818. The molecule has 0 atom stereocenters. The molecule has 1 saturated carbocycles. The van der Waals surface area contributed by atoms with E-state index in [1.807, 2.05) is 13.8 Å². The number of thiol groups is 1. The van der Waals surface area contributed by atoms with Crippen LogP contribution in [0.15, 0.2) is 0 Å². The molecule has 1 aliphatic carbocycles. The Morgan fingerprint density at radius 2 is 2.00 bits per heavy atom. The second kappa shape index (κ2) is 5.08. The lowest BCUT2D eigenvalue weighted by Gasteiger charge is -2.27. The minimum Gasteiger partial charge on any atom is -0.368 e. The van der Waals surface area contributed by atoms with Gasteiger partial charge in [-0.2, -0.15) is 12.6 Å². The summed E-state index contributed by atoms with van der Waals surface area (Å²) in [5.41, 5.74) is 5.22. The van der Waals surface area contributed by atoms with E-state index in [1.54, 1.807) is 4.90 Å². The Hall–Kier alpha value is -0.710. The normalized spacial score (nSPS) is 17.2. The minimum absolute atomic E-state index is 0.00992. The van der Waals surface area contributed by atoms with Crippen molar-refractivity contribution in [1.82, 2.24) is 4.90 Å². The Kier molecular flexibility index (Phi) is 4.24. The van der Waals surface area contributed by atoms with Gasteiger partial charge in [0, 0.05) is 12.5 Å². The van der Waals surface area contributed by atoms with Gasteiger partial charge in [-0.05, 0) is 37.9 Å². The van der Waals surface area contributed by atoms with Gasteiger partial charge in [-0.1, -0.05) is 0 Å². The summed E-state index contributed by atoms with van der Waals surface area (Å²) < 4.78 is 0. The molecule has 0 spiro atoms. The van der Waals surface area contributed by atoms with Crippen molar-refractivity contribution in [3.05, 3.63) is 0 Å². The van der Waals surface area contributed by atoms with Gasteiger partial charge < -0.3 is 10.6 Å². The Labute approximate surface area is 102 Å². The molecular formula is C11H20N2O2S. The van der Waals surface area contributed by atoms with Crippen LogP contribution in [-0.2, 0) is 9.59 Å². The summed E-state index contributed by atoms with van der Waals surface area (Å²) in [5.74, 6) is 0.291. The molecule has 16 heavy (non-hydrogen) atoms. The van der Waals surface area contributed by atoms with Gasteiger partial charge >= 0.3 is 0 Å². The molecule has 4 nitrogen and oxygen atoms in total. The number of hydrogen-bond donors (Lipinski definition) is 2. The molecule has 1 fully saturated rings. The Morgan fingerprint density at radius 3 is 2.31 bits per heavy atom. The van der Waals surface area contributed by atoms with Gasteiger partial charge in [-0.25, -0.2) is 0 Å². The van der Waals surface area contributed by atoms with Crippen LogP contribution in [-0.4, -0.2) is 35.1 Å². The predicted molar refractivity (Wildman–Crippen MR) is 66.2 cm³/mol. The molecule has 2 amide bonds. The maximum Gasteiger partial charge on any atom is 0.237 e. The van der Waals surface area contributed by atoms with E-state index in [4.69, 9.17) is 5.73 Å². The lowest BCUT2D eigenvalue weighted by molar-refractivity contribution is -0.137. The van der Waals surface area contributed by atoms with Crippen LogP contribution in [0.2, 0.25) is 0 Å². The molecule has 0 aromatic heterocycles. The van der Waals surface area contributed by atoms with E-state index in [0.717, 1.165) is 18.6 Å². The Bertz CT molecular complexity index is 288. The molecule has 0 saturated heterocycles. The zero-order chi connectivity index (χ0) is 12.3. The van der Waals surface area contributed by atoms with Crippen molar-refractivity contribution in [3.8, 4) is 0 Å². The smallest absolute Gasteiger partial charge is 0.237 e. The first-order valence-electron chi connectivity index (χ1n) is 5.59. The molecule has 0 aromatic rings. The van der Waals surface area contributed by atoms with Crippen LogP contribution in [0.5, 0.6) is 0 Å². The Balaban J connectivity index is 2.57. The van der Waals surface area contributed by atoms with Crippen molar-refractivity contribution in [1.29, 1.82) is 0 Å². The summed E-state index contributed by atoms with van der Waals surface area (Å²) in [5, 5.41) is 0. The standard InChI is InChI=1S/C11H20N2O2S/c1-8(2)13(6-9(12)14)10(15)5-11(7-16)3-4-11/h8,16H,3-7H2,1-2H3,(H2,12,14). The summed E-state index contributed by atoms with van der Waals surface area (Å²) in [4.78, 5) is 24.4. The third-order valence-electron chi connectivity index (χ3n) is 3.09. The van der Waals surface area contributed by atoms with E-state index in [0.29, 0.717) is 6.42 Å². The third-order valence-corrected chi connectivity index (χ3v) is 3.76. The van der Waals surface area contributed by atoms with Crippen LogP contribution >= 0.6 is 12.6 Å². The summed E-state index contributed by atoms with van der Waals surface area (Å²) in [7, 11) is 0. The van der Waals surface area contributed by atoms with Crippen LogP contribution in [0.25, 0.3) is 0 Å². The zero-order valence-corrected chi connectivity index (χ0v) is 10.8. The molecule has 1 rings (SSSR count). The maximum absolute atomic E-state index is 12.0. The predicted octanol–water partition coefficient (Wildman–Crippen LogP) is 0.809. The number of rotatable bonds is 6. The van der Waals surface area contributed by atoms with Crippen LogP contribution in [0.4, 0.5) is 0 Å². The highest BCUT2D eigenvalue weighted by Gasteiger charge is 2.44. The number of nitrogens with zero attached hydrogens (tertiary/aromatic N) is 1. The largest absolute Gasteiger partial charge is 0.368 e. The lowest BCUT2D eigenvalue weighted by Crippen LogP contribution is -2.43. The number of carbonyl (C=O) groups is 2. The summed E-state index contributed by atoms with van der Waals surface area (Å²) in [6, 6.07) is 0.00992. The maximum atomic E-state index is 12.0. The van der Waals surface area contributed by atoms with Crippen LogP contribution in [0, 0.1) is 5.41 Å². The van der Waals surface area contributed by atoms with Crippen LogP contribution in [0.1, 0.15) is 33.1 Å². The van der Waals surface area contributed by atoms with Crippen molar-refractivity contribution in [2.45, 2.75) is 39.2 Å². The monoisotopic (exact) mass is 244 g/mol. The van der Waals surface area contributed by atoms with E-state index < -0.39 is 5.91 Å². The number of nitrogens with two attached hydrogens (primary N) is 1. The number of carbonyl (C=O) groups excluding carboxylic acids is 2. The van der Waals surface area contributed by atoms with Gasteiger partial charge in [0.2, 0.25) is 11.8 Å². The highest BCUT2D eigenvalue weighted by atomic mass is 32.1. The van der Waals surface area contributed by atoms with Gasteiger partial charge in [-0.3, -0.25) is 9.59 Å². The fourth-order valence-corrected chi connectivity index (χ4v) is 2.14. The van der Waals surface area contributed by atoms with E-state index >= 15 is 0 Å². The molecule has 0 bridgehead atoms. The van der Waals surface area contributed by atoms with E-state index in [2.05, 4.69) is 12.6 Å². The molecule has 5 heteroatoms. The molecule has 92 valence electrons. The summed E-state index contributed by atoms with van der Waals surface area (Å²) in [6.45, 7) is 3.79. The van der Waals surface area contributed by atoms with Gasteiger partial charge in [0.15, 0.2) is 0 Å². The molecule has 0 aromatic carbocycles. The van der Waals surface area contributed by atoms with E-state index in [-0.39, 0.29) is 23.9 Å². The average molecular weight is 244 g/mol. The summed E-state index contributed by atoms with van der Waals surface area (Å²) in [6.07, 6.45) is 2.61. The second-order valence-electron chi connectivity index (χ2n) is 4.92. The summed E-state index contributed by atoms with van der Waals surface area (Å²) >= 11 is 4.27. The number of hydrogen-bond acceptors (Lipinski definition) is 3. The SMILES string of the molecule is CC(C)N(CC(N)=O)C(=O)CC1(CS)CC1. The van der Waals surface area contributed by atoms with Crippen molar-refractivity contribution in [2.24, 2.45) is 11.1 Å². The van der Waals surface area contributed by atoms with Gasteiger partial charge in [0.25, 0.3) is 0 Å². The molecule has 0 aliphatic heterocycles. The first-order valence-corrected chi connectivity index (χ1v) is 6.22. The van der Waals surface area contributed by atoms with Crippen LogP contribution < -0.4 is 5.73 Å². The first kappa shape index (κ1) is 13.4. The van der Waals surface area contributed by atoms with Crippen LogP contribution in [0.3, 0.4) is 0 Å². The van der Waals surface area contributed by atoms with Crippen molar-refractivity contribution in [3.63, 3.8) is 0 Å². The molecule has 0 heterocycles. The van der Waals surface area contributed by atoms with Gasteiger partial charge in [0.1, 0.15) is 0 Å². The van der Waals surface area contributed by atoms with Crippen molar-refractivity contribution >= 4 is 24.4 Å². The average Bonchev–Trinajstić information content (AvgIpc) is 2.94. The van der Waals surface area contributed by atoms with Crippen molar-refractivity contribution in [2.75, 3.05) is 12.3 Å². The van der Waals surface area contributed by atoms with E-state index in [9.17, 15) is 9.59 Å². The molecule has 0 unspecified atom stereocenters. The fourth-order valence-electron chi connectivity index (χ4n) is 1.72. The molecular weight excluding hydrogens is 224 g/mol. The topological polar surface area (TPSA) is 63.4 Å². The molecule has 1 aliphatic rings.